The summed E-state index contributed by atoms with van der Waals surface area (Å²) in [5.41, 5.74) is 8.11. The summed E-state index contributed by atoms with van der Waals surface area (Å²) in [6, 6.07) is 43.2. The van der Waals surface area contributed by atoms with Crippen molar-refractivity contribution in [3.05, 3.63) is 204 Å². The van der Waals surface area contributed by atoms with E-state index in [9.17, 15) is 33.6 Å². The third kappa shape index (κ3) is 20.4. The van der Waals surface area contributed by atoms with Gasteiger partial charge in [-0.15, -0.1) is 0 Å². The fourth-order valence-corrected chi connectivity index (χ4v) is 13.5. The highest BCUT2D eigenvalue weighted by Gasteiger charge is 2.52. The van der Waals surface area contributed by atoms with Crippen LogP contribution in [0.2, 0.25) is 0 Å². The lowest BCUT2D eigenvalue weighted by atomic mass is 9.82. The number of methoxy groups -OCH3 is 3. The van der Waals surface area contributed by atoms with Gasteiger partial charge in [0.05, 0.1) is 44.9 Å². The molecule has 4 aliphatic heterocycles. The van der Waals surface area contributed by atoms with Gasteiger partial charge in [0.2, 0.25) is 0 Å². The Labute approximate surface area is 659 Å². The van der Waals surface area contributed by atoms with Crippen LogP contribution in [-0.4, -0.2) is 171 Å². The Hall–Kier alpha value is -10.9. The molecule has 586 valence electrons. The number of nitrogens with zero attached hydrogens (tertiary/aromatic N) is 10. The molecule has 6 amide bonds. The number of H-pyrrole nitrogens is 2. The lowest BCUT2D eigenvalue weighted by Gasteiger charge is -2.32. The van der Waals surface area contributed by atoms with Crippen molar-refractivity contribution in [1.82, 2.24) is 44.9 Å². The van der Waals surface area contributed by atoms with Gasteiger partial charge in [0.25, 0.3) is 0 Å². The van der Waals surface area contributed by atoms with E-state index in [1.54, 1.807) is 75.5 Å². The third-order valence-electron chi connectivity index (χ3n) is 19.6. The second-order valence-corrected chi connectivity index (χ2v) is 29.8. The molecule has 2 N–H and O–H groups in total. The van der Waals surface area contributed by atoms with Gasteiger partial charge in [-0.3, -0.25) is 39.3 Å². The Morgan fingerprint density at radius 2 is 0.847 bits per heavy atom. The number of halogens is 1. The number of Topliss-reactive ketones (excluding diaryl/α,β-unsaturated/α-hetero) is 3. The number of amides is 6. The molecule has 27 heteroatoms. The van der Waals surface area contributed by atoms with Crippen LogP contribution in [0.1, 0.15) is 150 Å². The van der Waals surface area contributed by atoms with Crippen molar-refractivity contribution in [3.63, 3.8) is 0 Å². The number of nitrogens with one attached hydrogen (secondary N) is 2. The summed E-state index contributed by atoms with van der Waals surface area (Å²) in [6.45, 7) is 22.4. The highest BCUT2D eigenvalue weighted by molar-refractivity contribution is 9.10. The second kappa shape index (κ2) is 37.7. The number of carbonyl (C=O) groups is 7. The van der Waals surface area contributed by atoms with Gasteiger partial charge in [0, 0.05) is 121 Å². The molecule has 0 saturated carbocycles. The molecule has 3 atom stereocenters. The van der Waals surface area contributed by atoms with Crippen molar-refractivity contribution in [2.24, 2.45) is 0 Å². The van der Waals surface area contributed by atoms with Crippen LogP contribution in [0.5, 0.6) is 17.2 Å². The van der Waals surface area contributed by atoms with Crippen molar-refractivity contribution in [2.45, 2.75) is 150 Å². The maximum Gasteiger partial charge on any atom is 0.498 e. The third-order valence-corrected chi connectivity index (χ3v) is 20.1. The Bertz CT molecular complexity index is 4420. The van der Waals surface area contributed by atoms with E-state index in [1.165, 1.54) is 0 Å². The Balaban J connectivity index is 0.000000171. The molecule has 0 bridgehead atoms. The van der Waals surface area contributed by atoms with Crippen molar-refractivity contribution in [2.75, 3.05) is 75.3 Å². The molecule has 25 nitrogen and oxygen atoms in total. The number of rotatable bonds is 24. The molecule has 0 aliphatic carbocycles. The Morgan fingerprint density at radius 1 is 0.505 bits per heavy atom. The summed E-state index contributed by atoms with van der Waals surface area (Å²) in [6.07, 6.45) is 13.3. The topological polar surface area (TPSA) is 269 Å². The zero-order valence-corrected chi connectivity index (χ0v) is 66.4. The van der Waals surface area contributed by atoms with Gasteiger partial charge < -0.3 is 43.0 Å². The maximum absolute atomic E-state index is 13.4. The van der Waals surface area contributed by atoms with Crippen molar-refractivity contribution < 1.29 is 61.8 Å². The van der Waals surface area contributed by atoms with Crippen molar-refractivity contribution >= 4 is 87.1 Å². The fraction of sp³-hybridized carbons (Fsp3) is 0.381. The van der Waals surface area contributed by atoms with Crippen LogP contribution >= 0.6 is 15.9 Å². The van der Waals surface area contributed by atoms with E-state index >= 15 is 0 Å². The molecule has 0 radical (unpaired) electrons. The first-order chi connectivity index (χ1) is 52.7. The quantitative estimate of drug-likeness (QED) is 0.0532. The van der Waals surface area contributed by atoms with E-state index in [0.717, 1.165) is 84.4 Å². The highest BCUT2D eigenvalue weighted by Crippen LogP contribution is 2.39. The molecule has 13 rings (SSSR count). The van der Waals surface area contributed by atoms with Crippen LogP contribution in [0.4, 0.5) is 36.2 Å². The molecule has 4 aliphatic rings. The first-order valence-corrected chi connectivity index (χ1v) is 37.8. The number of aromatic amines is 2. The van der Waals surface area contributed by atoms with Crippen molar-refractivity contribution in [3.8, 4) is 39.5 Å². The number of aromatic nitrogens is 6. The minimum atomic E-state index is -0.613. The number of ether oxygens (including phenoxy) is 4. The van der Waals surface area contributed by atoms with E-state index in [2.05, 4.69) is 41.4 Å². The minimum absolute atomic E-state index is 0. The van der Waals surface area contributed by atoms with Gasteiger partial charge in [-0.25, -0.2) is 19.2 Å². The molecule has 3 unspecified atom stereocenters. The number of hydrogen-bond donors (Lipinski definition) is 2. The highest BCUT2D eigenvalue weighted by atomic mass is 79.9. The number of benzene rings is 6. The smallest absolute Gasteiger partial charge is 0.497 e. The van der Waals surface area contributed by atoms with E-state index in [-0.39, 0.29) is 42.9 Å². The normalized spacial score (nSPS) is 15.8. The van der Waals surface area contributed by atoms with Crippen LogP contribution in [0.25, 0.3) is 22.3 Å². The van der Waals surface area contributed by atoms with Gasteiger partial charge in [0.15, 0.2) is 17.3 Å². The number of carbonyl (C=O) groups excluding carboxylic acids is 7. The SMILES string of the molecule is C.CC(C)(C)OC(=O)n1cc(B2OC(C)(C)C(C)(C)O2)cn1.CCCC(=O)C(c1cccc(OC)c1)N1CCN(c2ccc(-c3cn[nH]c3)cc2)C1=O.CCCC(=O)C(c1cccc(OC)c1)N1CCN(c2ccc(-c3cn[nH]c3)cc2)C1=O.CCCC(=O)C(c1cccc(OC)c1)N1CCN(c2ccc(Br)cc2)C1=O. The number of hydrogen-bond acceptors (Lipinski definition) is 16. The predicted molar refractivity (Wildman–Crippen MR) is 434 cm³/mol. The van der Waals surface area contributed by atoms with E-state index in [4.69, 9.17) is 28.3 Å². The van der Waals surface area contributed by atoms with Gasteiger partial charge in [-0.1, -0.05) is 105 Å². The average molecular weight is 1580 g/mol. The zero-order valence-electron chi connectivity index (χ0n) is 64.8. The lowest BCUT2D eigenvalue weighted by Crippen LogP contribution is -2.41. The Morgan fingerprint density at radius 3 is 1.15 bits per heavy atom. The molecule has 6 aromatic carbocycles. The standard InChI is InChI=1S/2C24H26N4O3.C21H23BrN2O3.C14H23BN2O4.CH4/c2*1-3-5-22(29)23(18-6-4-7-21(14-18)31-2)28-13-12-27(24(28)30)20-10-8-17(9-11-20)19-15-25-26-16-19;1-3-5-19(25)20(15-6-4-7-18(14-15)27-2)24-13-12-23(21(24)26)17-10-8-16(22)9-11-17;1-12(2,3)19-11(18)17-9-10(8-16-17)15-20-13(4,5)14(6,7)21-15;/h2*4,6-11,14-16,23H,3,5,12-13H2,1-2H3,(H,25,26);4,6-11,14,20H,3,5,12-13H2,1-2H3;8-9H,1-7H3;1H4. The summed E-state index contributed by atoms with van der Waals surface area (Å²) < 4.78 is 35.2. The fourth-order valence-electron chi connectivity index (χ4n) is 13.3. The number of anilines is 3. The van der Waals surface area contributed by atoms with E-state index in [1.807, 2.05) is 227 Å². The summed E-state index contributed by atoms with van der Waals surface area (Å²) in [5.74, 6) is 2.16. The van der Waals surface area contributed by atoms with Crippen LogP contribution in [-0.2, 0) is 28.4 Å². The molecular weight excluding hydrogens is 1480 g/mol. The van der Waals surface area contributed by atoms with E-state index < -0.39 is 48.1 Å². The molecule has 9 aromatic rings. The first-order valence-electron chi connectivity index (χ1n) is 37.0. The molecule has 4 saturated heterocycles. The predicted octanol–water partition coefficient (Wildman–Crippen LogP) is 16.3. The first kappa shape index (κ1) is 84.1. The summed E-state index contributed by atoms with van der Waals surface area (Å²) >= 11 is 3.41. The molecule has 4 fully saturated rings. The molecular formula is C84H102BBrN12O13. The summed E-state index contributed by atoms with van der Waals surface area (Å²) in [7, 11) is 4.25. The summed E-state index contributed by atoms with van der Waals surface area (Å²) in [4.78, 5) is 101. The zero-order chi connectivity index (χ0) is 79.0. The van der Waals surface area contributed by atoms with Gasteiger partial charge in [0.1, 0.15) is 41.0 Å². The monoisotopic (exact) mass is 1580 g/mol. The van der Waals surface area contributed by atoms with Gasteiger partial charge in [-0.05, 0) is 180 Å². The largest absolute Gasteiger partial charge is 0.498 e. The molecule has 7 heterocycles. The van der Waals surface area contributed by atoms with Crippen LogP contribution in [0, 0.1) is 0 Å². The van der Waals surface area contributed by atoms with Gasteiger partial charge in [-0.2, -0.15) is 20.0 Å². The maximum atomic E-state index is 13.4. The number of ketones is 3. The van der Waals surface area contributed by atoms with Crippen LogP contribution in [0.15, 0.2) is 187 Å². The number of urea groups is 3. The molecule has 3 aromatic heterocycles. The lowest BCUT2D eigenvalue weighted by molar-refractivity contribution is -0.124. The van der Waals surface area contributed by atoms with E-state index in [0.29, 0.717) is 81.2 Å². The molecule has 111 heavy (non-hydrogen) atoms. The van der Waals surface area contributed by atoms with Gasteiger partial charge >= 0.3 is 31.3 Å². The Kier molecular flexibility index (Phi) is 28.6. The summed E-state index contributed by atoms with van der Waals surface area (Å²) in [5, 5.41) is 17.6. The minimum Gasteiger partial charge on any atom is -0.497 e. The van der Waals surface area contributed by atoms with Crippen LogP contribution < -0.4 is 34.4 Å². The van der Waals surface area contributed by atoms with Crippen LogP contribution in [0.3, 0.4) is 0 Å². The molecule has 0 spiro atoms. The van der Waals surface area contributed by atoms with Crippen molar-refractivity contribution in [1.29, 1.82) is 0 Å². The second-order valence-electron chi connectivity index (χ2n) is 28.9. The average Bonchev–Trinajstić information content (AvgIpc) is 1.57.